The van der Waals surface area contributed by atoms with Gasteiger partial charge in [-0.3, -0.25) is 9.69 Å². The highest BCUT2D eigenvalue weighted by Gasteiger charge is 2.23. The molecule has 0 unspecified atom stereocenters. The molecule has 0 bridgehead atoms. The Labute approximate surface area is 254 Å². The number of hydrogen-bond acceptors (Lipinski definition) is 6. The number of rotatable bonds is 10. The Morgan fingerprint density at radius 1 is 0.721 bits per heavy atom. The number of aromatic nitrogens is 1. The summed E-state index contributed by atoms with van der Waals surface area (Å²) >= 11 is 0. The molecule has 1 aromatic heterocycles. The smallest absolute Gasteiger partial charge is 0.253 e. The van der Waals surface area contributed by atoms with Gasteiger partial charge in [0.15, 0.2) is 0 Å². The number of H-pyrrole nitrogens is 1. The van der Waals surface area contributed by atoms with Gasteiger partial charge in [0.2, 0.25) is 0 Å². The van der Waals surface area contributed by atoms with E-state index in [0.717, 1.165) is 94.3 Å². The molecule has 3 aromatic carbocycles. The first kappa shape index (κ1) is 28.9. The van der Waals surface area contributed by atoms with Crippen LogP contribution in [-0.2, 0) is 6.42 Å². The second-order valence-corrected chi connectivity index (χ2v) is 11.5. The predicted octanol–water partition coefficient (Wildman–Crippen LogP) is 5.29. The topological polar surface area (TPSA) is 64.3 Å². The molecule has 8 nitrogen and oxygen atoms in total. The van der Waals surface area contributed by atoms with Crippen LogP contribution in [0.1, 0.15) is 28.8 Å². The van der Waals surface area contributed by atoms with Gasteiger partial charge < -0.3 is 29.2 Å². The number of aryl methyl sites for hydroxylation is 1. The zero-order chi connectivity index (χ0) is 29.6. The lowest BCUT2D eigenvalue weighted by Crippen LogP contribution is -2.48. The number of amides is 1. The maximum Gasteiger partial charge on any atom is 0.253 e. The van der Waals surface area contributed by atoms with Crippen LogP contribution in [0.4, 0.5) is 11.4 Å². The highest BCUT2D eigenvalue weighted by molar-refractivity contribution is 5.99. The third-order valence-electron chi connectivity index (χ3n) is 9.00. The second-order valence-electron chi connectivity index (χ2n) is 11.5. The van der Waals surface area contributed by atoms with Crippen LogP contribution in [0.15, 0.2) is 72.9 Å². The van der Waals surface area contributed by atoms with Gasteiger partial charge in [0.25, 0.3) is 5.91 Å². The van der Waals surface area contributed by atoms with Crippen LogP contribution in [-0.4, -0.2) is 93.8 Å². The molecule has 1 N–H and O–H groups in total. The number of ether oxygens (including phenoxy) is 2. The van der Waals surface area contributed by atoms with E-state index in [1.165, 1.54) is 28.7 Å². The van der Waals surface area contributed by atoms with Crippen molar-refractivity contribution in [3.05, 3.63) is 84.1 Å². The minimum Gasteiger partial charge on any atom is -0.497 e. The molecule has 4 aromatic rings. The van der Waals surface area contributed by atoms with Crippen molar-refractivity contribution >= 4 is 28.2 Å². The highest BCUT2D eigenvalue weighted by Crippen LogP contribution is 2.25. The lowest BCUT2D eigenvalue weighted by Gasteiger charge is -2.36. The number of benzene rings is 3. The molecule has 3 heterocycles. The normalized spacial score (nSPS) is 16.1. The van der Waals surface area contributed by atoms with Crippen LogP contribution < -0.4 is 19.3 Å². The van der Waals surface area contributed by atoms with Crippen molar-refractivity contribution in [1.82, 2.24) is 14.8 Å². The van der Waals surface area contributed by atoms with Crippen LogP contribution in [0.5, 0.6) is 11.5 Å². The summed E-state index contributed by atoms with van der Waals surface area (Å²) in [5, 5.41) is 1.18. The summed E-state index contributed by atoms with van der Waals surface area (Å²) in [5.74, 6) is 1.88. The van der Waals surface area contributed by atoms with Gasteiger partial charge in [0.1, 0.15) is 11.5 Å². The third-order valence-corrected chi connectivity index (χ3v) is 9.00. The lowest BCUT2D eigenvalue weighted by atomic mass is 10.0. The van der Waals surface area contributed by atoms with Gasteiger partial charge in [-0.15, -0.1) is 0 Å². The Hall–Kier alpha value is -4.17. The molecule has 6 rings (SSSR count). The van der Waals surface area contributed by atoms with Crippen molar-refractivity contribution in [2.75, 3.05) is 82.9 Å². The fourth-order valence-corrected chi connectivity index (χ4v) is 6.34. The zero-order valence-electron chi connectivity index (χ0n) is 25.4. The summed E-state index contributed by atoms with van der Waals surface area (Å²) in [4.78, 5) is 26.2. The molecule has 0 saturated carbocycles. The van der Waals surface area contributed by atoms with E-state index < -0.39 is 0 Å². The molecule has 2 saturated heterocycles. The molecule has 2 aliphatic heterocycles. The van der Waals surface area contributed by atoms with Gasteiger partial charge in [-0.25, -0.2) is 0 Å². The van der Waals surface area contributed by atoms with Crippen LogP contribution >= 0.6 is 0 Å². The number of carbonyl (C=O) groups is 1. The lowest BCUT2D eigenvalue weighted by molar-refractivity contribution is 0.0747. The average molecular weight is 582 g/mol. The number of aromatic amines is 1. The SMILES string of the molecule is COc1ccc(N2CCN(CCCCc3c[nH]c4ccc(C(=O)N5CCN(c6ccc(OC)cc6)CC5)cc34)CC2)cc1. The zero-order valence-corrected chi connectivity index (χ0v) is 25.4. The van der Waals surface area contributed by atoms with E-state index in [9.17, 15) is 4.79 Å². The van der Waals surface area contributed by atoms with E-state index in [1.807, 2.05) is 35.2 Å². The van der Waals surface area contributed by atoms with E-state index in [4.69, 9.17) is 9.47 Å². The van der Waals surface area contributed by atoms with Crippen molar-refractivity contribution in [3.8, 4) is 11.5 Å². The van der Waals surface area contributed by atoms with Crippen molar-refractivity contribution < 1.29 is 14.3 Å². The monoisotopic (exact) mass is 581 g/mol. The van der Waals surface area contributed by atoms with Gasteiger partial charge in [0.05, 0.1) is 14.2 Å². The van der Waals surface area contributed by atoms with Gasteiger partial charge in [-0.2, -0.15) is 0 Å². The number of methoxy groups -OCH3 is 2. The maximum atomic E-state index is 13.4. The maximum absolute atomic E-state index is 13.4. The van der Waals surface area contributed by atoms with Crippen molar-refractivity contribution in [2.24, 2.45) is 0 Å². The molecule has 0 aliphatic carbocycles. The second kappa shape index (κ2) is 13.4. The highest BCUT2D eigenvalue weighted by atomic mass is 16.5. The first-order valence-corrected chi connectivity index (χ1v) is 15.5. The van der Waals surface area contributed by atoms with Crippen LogP contribution in [0.2, 0.25) is 0 Å². The molecule has 43 heavy (non-hydrogen) atoms. The largest absolute Gasteiger partial charge is 0.497 e. The van der Waals surface area contributed by atoms with Crippen molar-refractivity contribution in [3.63, 3.8) is 0 Å². The molecule has 2 aliphatic rings. The molecule has 226 valence electrons. The predicted molar refractivity (Wildman–Crippen MR) is 174 cm³/mol. The van der Waals surface area contributed by atoms with Gasteiger partial charge in [-0.05, 0) is 98.1 Å². The minimum absolute atomic E-state index is 0.122. The number of piperazine rings is 2. The number of hydrogen-bond donors (Lipinski definition) is 1. The summed E-state index contributed by atoms with van der Waals surface area (Å²) in [6, 6.07) is 22.6. The Morgan fingerprint density at radius 3 is 1.88 bits per heavy atom. The first-order chi connectivity index (χ1) is 21.1. The van der Waals surface area contributed by atoms with Gasteiger partial charge in [-0.1, -0.05) is 0 Å². The fraction of sp³-hybridized carbons (Fsp3) is 0.400. The molecule has 0 atom stereocenters. The van der Waals surface area contributed by atoms with E-state index >= 15 is 0 Å². The summed E-state index contributed by atoms with van der Waals surface area (Å²) < 4.78 is 10.6. The summed E-state index contributed by atoms with van der Waals surface area (Å²) in [6.07, 6.45) is 5.45. The van der Waals surface area contributed by atoms with E-state index in [-0.39, 0.29) is 5.91 Å². The number of anilines is 2. The van der Waals surface area contributed by atoms with E-state index in [1.54, 1.807) is 14.2 Å². The third kappa shape index (κ3) is 6.75. The van der Waals surface area contributed by atoms with E-state index in [2.05, 4.69) is 62.3 Å². The summed E-state index contributed by atoms with van der Waals surface area (Å²) in [5.41, 5.74) is 5.63. The number of carbonyl (C=O) groups excluding carboxylic acids is 1. The minimum atomic E-state index is 0.122. The van der Waals surface area contributed by atoms with Crippen molar-refractivity contribution in [2.45, 2.75) is 19.3 Å². The fourth-order valence-electron chi connectivity index (χ4n) is 6.34. The molecule has 1 amide bonds. The first-order valence-electron chi connectivity index (χ1n) is 15.5. The Bertz CT molecular complexity index is 1480. The van der Waals surface area contributed by atoms with E-state index in [0.29, 0.717) is 0 Å². The average Bonchev–Trinajstić information content (AvgIpc) is 3.49. The number of fused-ring (bicyclic) bond motifs is 1. The number of nitrogens with one attached hydrogen (secondary N) is 1. The Balaban J connectivity index is 0.969. The molecule has 8 heteroatoms. The molecular formula is C35H43N5O3. The van der Waals surface area contributed by atoms with Crippen LogP contribution in [0.25, 0.3) is 10.9 Å². The summed E-state index contributed by atoms with van der Waals surface area (Å²) in [6.45, 7) is 8.53. The number of unbranched alkanes of at least 4 members (excludes halogenated alkanes) is 1. The quantitative estimate of drug-likeness (QED) is 0.257. The Kier molecular flexibility index (Phi) is 9.03. The van der Waals surface area contributed by atoms with Gasteiger partial charge >= 0.3 is 0 Å². The Morgan fingerprint density at radius 2 is 1.30 bits per heavy atom. The van der Waals surface area contributed by atoms with Crippen molar-refractivity contribution in [1.29, 1.82) is 0 Å². The number of nitrogens with zero attached hydrogens (tertiary/aromatic N) is 4. The van der Waals surface area contributed by atoms with Crippen LogP contribution in [0, 0.1) is 0 Å². The van der Waals surface area contributed by atoms with Crippen LogP contribution in [0.3, 0.4) is 0 Å². The standard InChI is InChI=1S/C35H43N5O3/c1-42-31-11-7-29(8-12-31)38-19-17-37(18-20-38)16-4-3-5-28-26-36-34-15-6-27(25-33(28)34)35(41)40-23-21-39(22-24-40)30-9-13-32(43-2)14-10-30/h6-15,25-26,36H,3-5,16-24H2,1-2H3. The molecule has 0 spiro atoms. The molecular weight excluding hydrogens is 538 g/mol. The summed E-state index contributed by atoms with van der Waals surface area (Å²) in [7, 11) is 3.39. The molecule has 0 radical (unpaired) electrons. The van der Waals surface area contributed by atoms with Gasteiger partial charge in [0, 0.05) is 86.4 Å². The molecule has 2 fully saturated rings.